The van der Waals surface area contributed by atoms with Crippen molar-refractivity contribution in [2.75, 3.05) is 19.8 Å². The number of hydrogen-bond donors (Lipinski definition) is 4. The Labute approximate surface area is 98.3 Å². The van der Waals surface area contributed by atoms with E-state index in [9.17, 15) is 13.2 Å². The Morgan fingerprint density at radius 2 is 1.06 bits per heavy atom. The summed E-state index contributed by atoms with van der Waals surface area (Å²) in [4.78, 5) is 8.78. The number of halogens is 3. The summed E-state index contributed by atoms with van der Waals surface area (Å²) in [6.45, 7) is 5.79. The van der Waals surface area contributed by atoms with Gasteiger partial charge in [-0.1, -0.05) is 0 Å². The van der Waals surface area contributed by atoms with Gasteiger partial charge in [0, 0.05) is 19.8 Å². The number of carbonyl (C=O) groups is 1. The Kier molecular flexibility index (Phi) is 42.7. The van der Waals surface area contributed by atoms with Gasteiger partial charge in [0.15, 0.2) is 0 Å². The van der Waals surface area contributed by atoms with Crippen molar-refractivity contribution in [3.05, 3.63) is 0 Å². The summed E-state index contributed by atoms with van der Waals surface area (Å²) >= 11 is 0. The van der Waals surface area contributed by atoms with Crippen LogP contribution in [0.3, 0.4) is 0 Å². The maximum absolute atomic E-state index is 10.5. The van der Waals surface area contributed by atoms with Gasteiger partial charge in [-0.3, -0.25) is 0 Å². The predicted molar refractivity (Wildman–Crippen MR) is 55.3 cm³/mol. The lowest BCUT2D eigenvalue weighted by Crippen LogP contribution is -2.37. The number of aliphatic hydroxyl groups is 3. The predicted octanol–water partition coefficient (Wildman–Crippen LogP) is -0.329. The number of carbonyl (C=O) groups excluding carboxylic acids is 1. The van der Waals surface area contributed by atoms with Crippen molar-refractivity contribution in [3.8, 4) is 0 Å². The summed E-state index contributed by atoms with van der Waals surface area (Å²) in [5, 5.41) is 31.5. The van der Waals surface area contributed by atoms with E-state index in [1.165, 1.54) is 0 Å². The molecular weight excluding hydrogens is 247 g/mol. The molecule has 0 aromatic rings. The van der Waals surface area contributed by atoms with Crippen LogP contribution in [0, 0.1) is 0 Å². The fourth-order valence-corrected chi connectivity index (χ4v) is 0. The summed E-state index contributed by atoms with van der Waals surface area (Å²) in [5.74, 6) is -3.01. The van der Waals surface area contributed by atoms with Crippen LogP contribution in [0.2, 0.25) is 0 Å². The van der Waals surface area contributed by atoms with E-state index in [1.54, 1.807) is 20.8 Å². The molecular formula is C8H22F3NO5. The third-order valence-corrected chi connectivity index (χ3v) is 0.231. The van der Waals surface area contributed by atoms with Gasteiger partial charge in [-0.2, -0.15) is 13.2 Å². The van der Waals surface area contributed by atoms with Crippen LogP contribution < -0.4 is 11.3 Å². The summed E-state index contributed by atoms with van der Waals surface area (Å²) < 4.78 is 31.5. The van der Waals surface area contributed by atoms with Gasteiger partial charge in [-0.25, -0.2) is 0 Å². The highest BCUT2D eigenvalue weighted by atomic mass is 19.4. The number of quaternary nitrogens is 1. The van der Waals surface area contributed by atoms with E-state index >= 15 is 0 Å². The van der Waals surface area contributed by atoms with E-state index in [-0.39, 0.29) is 26.0 Å². The van der Waals surface area contributed by atoms with Crippen LogP contribution >= 0.6 is 0 Å². The summed E-state index contributed by atoms with van der Waals surface area (Å²) in [6.07, 6.45) is -5.19. The maximum Gasteiger partial charge on any atom is 0.430 e. The first-order valence-electron chi connectivity index (χ1n) is 4.30. The minimum atomic E-state index is -5.19. The third-order valence-electron chi connectivity index (χ3n) is 0.231. The lowest BCUT2D eigenvalue weighted by molar-refractivity contribution is -0.344. The van der Waals surface area contributed by atoms with E-state index in [4.69, 9.17) is 25.2 Å². The van der Waals surface area contributed by atoms with Crippen molar-refractivity contribution in [1.82, 2.24) is 6.15 Å². The first-order chi connectivity index (χ1) is 7.19. The molecule has 0 spiro atoms. The van der Waals surface area contributed by atoms with Crippen molar-refractivity contribution >= 4 is 5.97 Å². The zero-order valence-corrected chi connectivity index (χ0v) is 10.4. The normalized spacial score (nSPS) is 7.82. The molecule has 0 atom stereocenters. The van der Waals surface area contributed by atoms with E-state index in [0.29, 0.717) is 0 Å². The van der Waals surface area contributed by atoms with E-state index in [2.05, 4.69) is 0 Å². The molecule has 0 aliphatic heterocycles. The molecule has 110 valence electrons. The Bertz CT molecular complexity index is 128. The lowest BCUT2D eigenvalue weighted by Gasteiger charge is -2.03. The van der Waals surface area contributed by atoms with Crippen LogP contribution in [0.5, 0.6) is 0 Å². The van der Waals surface area contributed by atoms with Crippen molar-refractivity contribution in [1.29, 1.82) is 0 Å². The largest absolute Gasteiger partial charge is 0.542 e. The smallest absolute Gasteiger partial charge is 0.430 e. The van der Waals surface area contributed by atoms with Crippen LogP contribution in [0.4, 0.5) is 13.2 Å². The standard InChI is InChI=1S/C2HF3O2.3C2H6O.H3N/c3-2(4,5)1(6)7;3*1-2-3;/h(H,6,7);3*3H,2H2,1H3;1H3. The Balaban J connectivity index is -0.0000000411. The summed E-state index contributed by atoms with van der Waals surface area (Å²) in [7, 11) is 0. The number of aliphatic carboxylic acids is 1. The highest BCUT2D eigenvalue weighted by molar-refractivity contribution is 5.70. The fraction of sp³-hybridized carbons (Fsp3) is 0.875. The number of aliphatic hydroxyl groups excluding tert-OH is 3. The number of carboxylic acid groups (broad SMARTS) is 1. The minimum Gasteiger partial charge on any atom is -0.542 e. The quantitative estimate of drug-likeness (QED) is 0.477. The molecule has 0 heterocycles. The van der Waals surface area contributed by atoms with E-state index in [1.807, 2.05) is 0 Å². The second-order valence-electron chi connectivity index (χ2n) is 1.73. The molecule has 0 fully saturated rings. The Morgan fingerprint density at radius 1 is 1.00 bits per heavy atom. The molecule has 6 nitrogen and oxygen atoms in total. The highest BCUT2D eigenvalue weighted by Crippen LogP contribution is 2.11. The minimum absolute atomic E-state index is 0. The van der Waals surface area contributed by atoms with Crippen LogP contribution in [0.15, 0.2) is 0 Å². The van der Waals surface area contributed by atoms with Gasteiger partial charge in [-0.15, -0.1) is 0 Å². The van der Waals surface area contributed by atoms with Crippen LogP contribution in [-0.4, -0.2) is 47.3 Å². The molecule has 0 aliphatic rings. The van der Waals surface area contributed by atoms with Crippen molar-refractivity contribution < 1.29 is 38.4 Å². The second-order valence-corrected chi connectivity index (χ2v) is 1.73. The molecule has 0 aromatic carbocycles. The molecule has 0 amide bonds. The molecule has 0 saturated heterocycles. The van der Waals surface area contributed by atoms with Gasteiger partial charge in [0.25, 0.3) is 0 Å². The number of alkyl halides is 3. The molecule has 0 unspecified atom stereocenters. The fourth-order valence-electron chi connectivity index (χ4n) is 0. The average Bonchev–Trinajstić information content (AvgIpc) is 2.06. The first kappa shape index (κ1) is 29.8. The number of carboxylic acids is 1. The van der Waals surface area contributed by atoms with Gasteiger partial charge in [0.05, 0.1) is 0 Å². The van der Waals surface area contributed by atoms with Gasteiger partial charge < -0.3 is 31.4 Å². The Hall–Kier alpha value is -0.900. The van der Waals surface area contributed by atoms with E-state index in [0.717, 1.165) is 0 Å². The molecule has 9 heteroatoms. The van der Waals surface area contributed by atoms with Gasteiger partial charge in [0.1, 0.15) is 5.97 Å². The molecule has 0 radical (unpaired) electrons. The Morgan fingerprint density at radius 3 is 1.06 bits per heavy atom. The average molecular weight is 269 g/mol. The molecule has 0 aliphatic carbocycles. The van der Waals surface area contributed by atoms with Crippen LogP contribution in [0.25, 0.3) is 0 Å². The number of hydrogen-bond acceptors (Lipinski definition) is 5. The summed E-state index contributed by atoms with van der Waals surface area (Å²) in [5.41, 5.74) is 0. The van der Waals surface area contributed by atoms with E-state index < -0.39 is 12.1 Å². The molecule has 0 rings (SSSR count). The zero-order valence-electron chi connectivity index (χ0n) is 10.4. The number of rotatable bonds is 0. The van der Waals surface area contributed by atoms with Crippen molar-refractivity contribution in [2.45, 2.75) is 26.9 Å². The molecule has 0 aromatic heterocycles. The third kappa shape index (κ3) is 99.6. The first-order valence-corrected chi connectivity index (χ1v) is 4.30. The van der Waals surface area contributed by atoms with Crippen molar-refractivity contribution in [2.24, 2.45) is 0 Å². The topological polar surface area (TPSA) is 137 Å². The van der Waals surface area contributed by atoms with Crippen LogP contribution in [0.1, 0.15) is 20.8 Å². The SMILES string of the molecule is CCO.CCO.CCO.O=C([O-])C(F)(F)F.[NH4+]. The summed E-state index contributed by atoms with van der Waals surface area (Å²) in [6, 6.07) is 0. The van der Waals surface area contributed by atoms with Gasteiger partial charge in [0.2, 0.25) is 0 Å². The van der Waals surface area contributed by atoms with Crippen molar-refractivity contribution in [3.63, 3.8) is 0 Å². The molecule has 0 bridgehead atoms. The molecule has 17 heavy (non-hydrogen) atoms. The lowest BCUT2D eigenvalue weighted by atomic mass is 10.7. The monoisotopic (exact) mass is 269 g/mol. The maximum atomic E-state index is 10.5. The van der Waals surface area contributed by atoms with Crippen LogP contribution in [-0.2, 0) is 4.79 Å². The highest BCUT2D eigenvalue weighted by Gasteiger charge is 2.28. The zero-order chi connectivity index (χ0) is 14.2. The molecule has 0 saturated carbocycles. The van der Waals surface area contributed by atoms with Gasteiger partial charge >= 0.3 is 6.18 Å². The van der Waals surface area contributed by atoms with Gasteiger partial charge in [-0.05, 0) is 20.8 Å². The molecule has 7 N–H and O–H groups in total. The second kappa shape index (κ2) is 24.4.